The van der Waals surface area contributed by atoms with E-state index < -0.39 is 12.3 Å². The summed E-state index contributed by atoms with van der Waals surface area (Å²) in [6.07, 6.45) is 1.38. The molecule has 0 unspecified atom stereocenters. The van der Waals surface area contributed by atoms with Crippen LogP contribution in [0.3, 0.4) is 0 Å². The van der Waals surface area contributed by atoms with E-state index in [-0.39, 0.29) is 11.7 Å². The number of fused-ring (bicyclic) bond motifs is 2. The Bertz CT molecular complexity index is 723. The van der Waals surface area contributed by atoms with Crippen molar-refractivity contribution in [2.45, 2.75) is 33.0 Å². The Balaban J connectivity index is 2.21. The maximum atomic E-state index is 12.3. The van der Waals surface area contributed by atoms with E-state index in [4.69, 9.17) is 4.74 Å². The summed E-state index contributed by atoms with van der Waals surface area (Å²) in [5.41, 5.74) is 2.26. The second-order valence-electron chi connectivity index (χ2n) is 5.80. The molecule has 0 fully saturated rings. The molecular formula is C18H20N2O3. The molecule has 120 valence electrons. The van der Waals surface area contributed by atoms with Crippen LogP contribution in [0.4, 0.5) is 11.4 Å². The van der Waals surface area contributed by atoms with Crippen molar-refractivity contribution in [1.29, 1.82) is 0 Å². The van der Waals surface area contributed by atoms with Gasteiger partial charge >= 0.3 is 0 Å². The number of hydrogen-bond donors (Lipinski definition) is 0. The number of benzene rings is 1. The van der Waals surface area contributed by atoms with Gasteiger partial charge in [-0.15, -0.1) is 6.58 Å². The van der Waals surface area contributed by atoms with Gasteiger partial charge in [0.25, 0.3) is 0 Å². The highest BCUT2D eigenvalue weighted by molar-refractivity contribution is 6.03. The third kappa shape index (κ3) is 2.23. The van der Waals surface area contributed by atoms with Gasteiger partial charge < -0.3 is 9.64 Å². The van der Waals surface area contributed by atoms with Gasteiger partial charge in [0.2, 0.25) is 5.91 Å². The molecule has 5 nitrogen and oxygen atoms in total. The number of carbonyl (C=O) groups excluding carboxylic acids is 2. The lowest BCUT2D eigenvalue weighted by atomic mass is 9.96. The molecule has 2 aliphatic rings. The average Bonchev–Trinajstić information content (AvgIpc) is 2.83. The summed E-state index contributed by atoms with van der Waals surface area (Å²) in [5.74, 6) is 0.405. The zero-order valence-corrected chi connectivity index (χ0v) is 13.6. The highest BCUT2D eigenvalue weighted by Crippen LogP contribution is 2.44. The Morgan fingerprint density at radius 2 is 1.91 bits per heavy atom. The monoisotopic (exact) mass is 312 g/mol. The SMILES string of the molecule is C=CCN1c2ccccc2N(C(C)=O)[C@@H]2C(C(C)=O)=C(C)O[C@H]21. The lowest BCUT2D eigenvalue weighted by Gasteiger charge is -2.45. The molecular weight excluding hydrogens is 292 g/mol. The van der Waals surface area contributed by atoms with Crippen LogP contribution in [0.25, 0.3) is 0 Å². The van der Waals surface area contributed by atoms with Gasteiger partial charge in [0, 0.05) is 13.5 Å². The summed E-state index contributed by atoms with van der Waals surface area (Å²) in [7, 11) is 0. The molecule has 0 N–H and O–H groups in total. The molecule has 2 aliphatic heterocycles. The highest BCUT2D eigenvalue weighted by Gasteiger charge is 2.49. The molecule has 1 amide bonds. The number of Topliss-reactive ketones (excluding diaryl/α,β-unsaturated/α-hetero) is 1. The van der Waals surface area contributed by atoms with Gasteiger partial charge in [-0.1, -0.05) is 18.2 Å². The number of anilines is 2. The molecule has 1 aromatic carbocycles. The molecule has 2 heterocycles. The van der Waals surface area contributed by atoms with E-state index >= 15 is 0 Å². The number of nitrogens with zero attached hydrogens (tertiary/aromatic N) is 2. The average molecular weight is 312 g/mol. The predicted octanol–water partition coefficient (Wildman–Crippen LogP) is 2.63. The molecule has 0 radical (unpaired) electrons. The number of allylic oxidation sites excluding steroid dienone is 1. The van der Waals surface area contributed by atoms with Crippen LogP contribution in [-0.2, 0) is 14.3 Å². The van der Waals surface area contributed by atoms with Crippen molar-refractivity contribution in [3.8, 4) is 0 Å². The van der Waals surface area contributed by atoms with Crippen LogP contribution in [0.15, 0.2) is 48.3 Å². The zero-order valence-electron chi connectivity index (χ0n) is 13.6. The molecule has 0 bridgehead atoms. The van der Waals surface area contributed by atoms with Crippen molar-refractivity contribution < 1.29 is 14.3 Å². The van der Waals surface area contributed by atoms with Crippen molar-refractivity contribution >= 4 is 23.1 Å². The van der Waals surface area contributed by atoms with E-state index in [0.717, 1.165) is 11.4 Å². The van der Waals surface area contributed by atoms with Crippen molar-refractivity contribution in [3.05, 3.63) is 48.3 Å². The zero-order chi connectivity index (χ0) is 16.7. The van der Waals surface area contributed by atoms with Crippen LogP contribution >= 0.6 is 0 Å². The van der Waals surface area contributed by atoms with Gasteiger partial charge in [-0.2, -0.15) is 0 Å². The summed E-state index contributed by atoms with van der Waals surface area (Å²) < 4.78 is 5.98. The number of ether oxygens (including phenoxy) is 1. The summed E-state index contributed by atoms with van der Waals surface area (Å²) in [5, 5.41) is 0. The first-order chi connectivity index (χ1) is 11.0. The first kappa shape index (κ1) is 15.3. The second-order valence-corrected chi connectivity index (χ2v) is 5.80. The first-order valence-electron chi connectivity index (χ1n) is 7.62. The standard InChI is InChI=1S/C18H20N2O3/c1-5-10-19-14-8-6-7-9-15(14)20(13(4)22)17-16(11(2)21)12(3)23-18(17)19/h5-9,17-18H,1,10H2,2-4H3/t17-,18-/m1/s1. The third-order valence-corrected chi connectivity index (χ3v) is 4.32. The van der Waals surface area contributed by atoms with Gasteiger partial charge in [-0.05, 0) is 26.0 Å². The van der Waals surface area contributed by atoms with Crippen LogP contribution in [-0.4, -0.2) is 30.5 Å². The number of amides is 1. The minimum absolute atomic E-state index is 0.0702. The smallest absolute Gasteiger partial charge is 0.224 e. The third-order valence-electron chi connectivity index (χ3n) is 4.32. The topological polar surface area (TPSA) is 49.9 Å². The number of rotatable bonds is 3. The summed E-state index contributed by atoms with van der Waals surface area (Å²) in [6, 6.07) is 7.24. The summed E-state index contributed by atoms with van der Waals surface area (Å²) >= 11 is 0. The fourth-order valence-electron chi connectivity index (χ4n) is 3.51. The van der Waals surface area contributed by atoms with E-state index in [2.05, 4.69) is 6.58 Å². The summed E-state index contributed by atoms with van der Waals surface area (Å²) in [6.45, 7) is 9.20. The van der Waals surface area contributed by atoms with Crippen molar-refractivity contribution in [2.24, 2.45) is 0 Å². The maximum absolute atomic E-state index is 12.3. The molecule has 0 spiro atoms. The number of ketones is 1. The van der Waals surface area contributed by atoms with Gasteiger partial charge in [-0.25, -0.2) is 0 Å². The van der Waals surface area contributed by atoms with Gasteiger partial charge in [0.1, 0.15) is 11.8 Å². The minimum Gasteiger partial charge on any atom is -0.472 e. The van der Waals surface area contributed by atoms with Gasteiger partial charge in [0.05, 0.1) is 16.9 Å². The van der Waals surface area contributed by atoms with Crippen LogP contribution in [0.1, 0.15) is 20.8 Å². The molecule has 0 saturated carbocycles. The molecule has 0 aromatic heterocycles. The number of carbonyl (C=O) groups is 2. The molecule has 3 rings (SSSR count). The molecule has 5 heteroatoms. The summed E-state index contributed by atoms with van der Waals surface area (Å²) in [4.78, 5) is 28.2. The molecule has 23 heavy (non-hydrogen) atoms. The van der Waals surface area contributed by atoms with Crippen LogP contribution in [0.2, 0.25) is 0 Å². The van der Waals surface area contributed by atoms with E-state index in [1.165, 1.54) is 13.8 Å². The lowest BCUT2D eigenvalue weighted by molar-refractivity contribution is -0.117. The molecule has 2 atom stereocenters. The van der Waals surface area contributed by atoms with E-state index in [9.17, 15) is 9.59 Å². The fraction of sp³-hybridized carbons (Fsp3) is 0.333. The number of para-hydroxylation sites is 2. The quantitative estimate of drug-likeness (QED) is 0.805. The molecule has 1 aromatic rings. The van der Waals surface area contributed by atoms with E-state index in [1.807, 2.05) is 29.2 Å². The fourth-order valence-corrected chi connectivity index (χ4v) is 3.51. The van der Waals surface area contributed by atoms with Crippen molar-refractivity contribution in [3.63, 3.8) is 0 Å². The Morgan fingerprint density at radius 3 is 2.48 bits per heavy atom. The highest BCUT2D eigenvalue weighted by atomic mass is 16.5. The van der Waals surface area contributed by atoms with Crippen LogP contribution in [0.5, 0.6) is 0 Å². The Kier molecular flexibility index (Phi) is 3.72. The Morgan fingerprint density at radius 1 is 1.26 bits per heavy atom. The van der Waals surface area contributed by atoms with E-state index in [0.29, 0.717) is 17.9 Å². The molecule has 0 saturated heterocycles. The minimum atomic E-state index is -0.431. The maximum Gasteiger partial charge on any atom is 0.224 e. The Hall–Kier alpha value is -2.56. The van der Waals surface area contributed by atoms with Gasteiger partial charge in [0.15, 0.2) is 12.0 Å². The van der Waals surface area contributed by atoms with E-state index in [1.54, 1.807) is 17.9 Å². The van der Waals surface area contributed by atoms with Crippen molar-refractivity contribution in [2.75, 3.05) is 16.3 Å². The predicted molar refractivity (Wildman–Crippen MR) is 89.2 cm³/mol. The number of hydrogen-bond acceptors (Lipinski definition) is 4. The lowest BCUT2D eigenvalue weighted by Crippen LogP contribution is -2.57. The normalized spacial score (nSPS) is 22.4. The Labute approximate surface area is 135 Å². The first-order valence-corrected chi connectivity index (χ1v) is 7.62. The van der Waals surface area contributed by atoms with Crippen LogP contribution < -0.4 is 9.80 Å². The molecule has 0 aliphatic carbocycles. The second kappa shape index (κ2) is 5.57. The van der Waals surface area contributed by atoms with Crippen molar-refractivity contribution in [1.82, 2.24) is 0 Å². The van der Waals surface area contributed by atoms with Gasteiger partial charge in [-0.3, -0.25) is 14.5 Å². The van der Waals surface area contributed by atoms with Crippen LogP contribution in [0, 0.1) is 0 Å². The largest absolute Gasteiger partial charge is 0.472 e.